The molecular formula is C6H20N4O4S2. The van der Waals surface area contributed by atoms with Crippen molar-refractivity contribution in [3.63, 3.8) is 0 Å². The lowest BCUT2D eigenvalue weighted by atomic mass is 10.7. The normalized spacial score (nSPS) is 11.8. The fourth-order valence-corrected chi connectivity index (χ4v) is 1.47. The van der Waals surface area contributed by atoms with Gasteiger partial charge in [-0.05, 0) is 0 Å². The molecule has 0 aromatic heterocycles. The highest BCUT2D eigenvalue weighted by Crippen LogP contribution is 1.68. The van der Waals surface area contributed by atoms with Gasteiger partial charge >= 0.3 is 0 Å². The van der Waals surface area contributed by atoms with Gasteiger partial charge in [-0.3, -0.25) is 0 Å². The maximum absolute atomic E-state index is 10.2. The van der Waals surface area contributed by atoms with Crippen LogP contribution in [0.4, 0.5) is 0 Å². The van der Waals surface area contributed by atoms with Gasteiger partial charge in [-0.25, -0.2) is 26.3 Å². The summed E-state index contributed by atoms with van der Waals surface area (Å²) in [4.78, 5) is 0. The van der Waals surface area contributed by atoms with Crippen molar-refractivity contribution in [2.24, 2.45) is 11.5 Å². The molecule has 6 N–H and O–H groups in total. The second kappa shape index (κ2) is 8.84. The van der Waals surface area contributed by atoms with Crippen molar-refractivity contribution in [2.45, 2.75) is 0 Å². The van der Waals surface area contributed by atoms with Crippen molar-refractivity contribution in [3.8, 4) is 0 Å². The zero-order chi connectivity index (χ0) is 13.2. The lowest BCUT2D eigenvalue weighted by Gasteiger charge is -1.95. The van der Waals surface area contributed by atoms with E-state index >= 15 is 0 Å². The second-order valence-electron chi connectivity index (χ2n) is 2.91. The molecule has 0 unspecified atom stereocenters. The van der Waals surface area contributed by atoms with Gasteiger partial charge in [-0.2, -0.15) is 0 Å². The van der Waals surface area contributed by atoms with Crippen LogP contribution >= 0.6 is 0 Å². The SMILES string of the molecule is CS(=O)(=O)NCCN.CS(=O)(=O)NCCN. The van der Waals surface area contributed by atoms with Gasteiger partial charge in [0.2, 0.25) is 20.0 Å². The molecule has 0 spiro atoms. The quantitative estimate of drug-likeness (QED) is 0.406. The number of hydrogen-bond acceptors (Lipinski definition) is 6. The van der Waals surface area contributed by atoms with Crippen LogP contribution in [0.25, 0.3) is 0 Å². The van der Waals surface area contributed by atoms with Crippen molar-refractivity contribution >= 4 is 20.0 Å². The molecular weight excluding hydrogens is 256 g/mol. The fraction of sp³-hybridized carbons (Fsp3) is 1.00. The van der Waals surface area contributed by atoms with Crippen LogP contribution in [0.1, 0.15) is 0 Å². The molecule has 0 bridgehead atoms. The van der Waals surface area contributed by atoms with Crippen LogP contribution < -0.4 is 20.9 Å². The molecule has 0 rings (SSSR count). The number of nitrogens with two attached hydrogens (primary N) is 2. The van der Waals surface area contributed by atoms with Crippen LogP contribution in [0.15, 0.2) is 0 Å². The van der Waals surface area contributed by atoms with E-state index in [1.807, 2.05) is 0 Å². The van der Waals surface area contributed by atoms with Gasteiger partial charge in [0.25, 0.3) is 0 Å². The summed E-state index contributed by atoms with van der Waals surface area (Å²) in [5, 5.41) is 0. The van der Waals surface area contributed by atoms with Crippen LogP contribution in [-0.2, 0) is 20.0 Å². The Kier molecular flexibility index (Phi) is 10.0. The van der Waals surface area contributed by atoms with Gasteiger partial charge in [-0.15, -0.1) is 0 Å². The van der Waals surface area contributed by atoms with Crippen molar-refractivity contribution < 1.29 is 16.8 Å². The molecule has 0 heterocycles. The minimum absolute atomic E-state index is 0.318. The molecule has 0 atom stereocenters. The van der Waals surface area contributed by atoms with Gasteiger partial charge in [0.05, 0.1) is 12.5 Å². The first kappa shape index (κ1) is 18.1. The molecule has 10 heteroatoms. The van der Waals surface area contributed by atoms with Gasteiger partial charge in [-0.1, -0.05) is 0 Å². The first-order valence-corrected chi connectivity index (χ1v) is 8.20. The minimum Gasteiger partial charge on any atom is -0.329 e. The topological polar surface area (TPSA) is 144 Å². The van der Waals surface area contributed by atoms with Gasteiger partial charge in [0.1, 0.15) is 0 Å². The first-order valence-electron chi connectivity index (χ1n) is 4.42. The van der Waals surface area contributed by atoms with E-state index in [1.54, 1.807) is 0 Å². The van der Waals surface area contributed by atoms with Crippen molar-refractivity contribution in [2.75, 3.05) is 38.7 Å². The van der Waals surface area contributed by atoms with E-state index in [4.69, 9.17) is 11.5 Å². The zero-order valence-corrected chi connectivity index (χ0v) is 11.1. The molecule has 0 aliphatic heterocycles. The molecule has 8 nitrogen and oxygen atoms in total. The summed E-state index contributed by atoms with van der Waals surface area (Å²) in [6.45, 7) is 1.32. The smallest absolute Gasteiger partial charge is 0.208 e. The standard InChI is InChI=1S/2C3H10N2O2S/c2*1-8(6,7)5-3-2-4/h2*5H,2-4H2,1H3. The Morgan fingerprint density at radius 3 is 1.12 bits per heavy atom. The summed E-state index contributed by atoms with van der Waals surface area (Å²) in [5.74, 6) is 0. The predicted molar refractivity (Wildman–Crippen MR) is 63.8 cm³/mol. The summed E-state index contributed by atoms with van der Waals surface area (Å²) >= 11 is 0. The maximum Gasteiger partial charge on any atom is 0.208 e. The van der Waals surface area contributed by atoms with E-state index in [1.165, 1.54) is 0 Å². The highest BCUT2D eigenvalue weighted by Gasteiger charge is 1.95. The molecule has 0 radical (unpaired) electrons. The molecule has 16 heavy (non-hydrogen) atoms. The Hall–Kier alpha value is -0.260. The average molecular weight is 276 g/mol. The molecule has 0 fully saturated rings. The molecule has 0 aliphatic rings. The Bertz CT molecular complexity index is 315. The van der Waals surface area contributed by atoms with E-state index in [0.29, 0.717) is 26.2 Å². The molecule has 0 aromatic rings. The van der Waals surface area contributed by atoms with Gasteiger partial charge in [0, 0.05) is 26.2 Å². The van der Waals surface area contributed by atoms with E-state index in [9.17, 15) is 16.8 Å². The van der Waals surface area contributed by atoms with Crippen molar-refractivity contribution in [3.05, 3.63) is 0 Å². The van der Waals surface area contributed by atoms with Crippen molar-refractivity contribution in [1.82, 2.24) is 9.44 Å². The average Bonchev–Trinajstić information content (AvgIpc) is 2.10. The molecule has 100 valence electrons. The summed E-state index contributed by atoms with van der Waals surface area (Å²) in [6, 6.07) is 0. The van der Waals surface area contributed by atoms with Crippen LogP contribution in [0.3, 0.4) is 0 Å². The zero-order valence-electron chi connectivity index (χ0n) is 9.43. The third kappa shape index (κ3) is 23.5. The molecule has 0 saturated heterocycles. The summed E-state index contributed by atoms with van der Waals surface area (Å²) in [7, 11) is -6.03. The first-order chi connectivity index (χ1) is 7.12. The minimum atomic E-state index is -3.02. The number of hydrogen-bond donors (Lipinski definition) is 4. The van der Waals surface area contributed by atoms with Crippen LogP contribution in [-0.4, -0.2) is 55.5 Å². The summed E-state index contributed by atoms with van der Waals surface area (Å²) < 4.78 is 45.3. The maximum atomic E-state index is 10.2. The predicted octanol–water partition coefficient (Wildman–Crippen LogP) is -3.01. The highest BCUT2D eigenvalue weighted by molar-refractivity contribution is 7.89. The van der Waals surface area contributed by atoms with E-state index in [-0.39, 0.29) is 0 Å². The largest absolute Gasteiger partial charge is 0.329 e. The highest BCUT2D eigenvalue weighted by atomic mass is 32.2. The number of rotatable bonds is 6. The Labute approximate surface area is 96.9 Å². The lowest BCUT2D eigenvalue weighted by Crippen LogP contribution is -2.27. The third-order valence-corrected chi connectivity index (χ3v) is 2.47. The van der Waals surface area contributed by atoms with Crippen LogP contribution in [0.5, 0.6) is 0 Å². The van der Waals surface area contributed by atoms with E-state index < -0.39 is 20.0 Å². The summed E-state index contributed by atoms with van der Waals surface area (Å²) in [6.07, 6.45) is 2.20. The van der Waals surface area contributed by atoms with Crippen LogP contribution in [0.2, 0.25) is 0 Å². The van der Waals surface area contributed by atoms with E-state index in [2.05, 4.69) is 9.44 Å². The fourth-order valence-electron chi connectivity index (χ4n) is 0.489. The Morgan fingerprint density at radius 2 is 1.06 bits per heavy atom. The second-order valence-corrected chi connectivity index (χ2v) is 6.58. The van der Waals surface area contributed by atoms with Crippen LogP contribution in [0, 0.1) is 0 Å². The number of sulfonamides is 2. The molecule has 0 aliphatic carbocycles. The van der Waals surface area contributed by atoms with Gasteiger partial charge < -0.3 is 11.5 Å². The molecule has 0 amide bonds. The Morgan fingerprint density at radius 1 is 0.812 bits per heavy atom. The van der Waals surface area contributed by atoms with Crippen molar-refractivity contribution in [1.29, 1.82) is 0 Å². The summed E-state index contributed by atoms with van der Waals surface area (Å²) in [5.41, 5.74) is 10.0. The molecule has 0 saturated carbocycles. The van der Waals surface area contributed by atoms with Gasteiger partial charge in [0.15, 0.2) is 0 Å². The monoisotopic (exact) mass is 276 g/mol. The number of nitrogens with one attached hydrogen (secondary N) is 2. The third-order valence-electron chi connectivity index (χ3n) is 1.02. The lowest BCUT2D eigenvalue weighted by molar-refractivity contribution is 0.586. The van der Waals surface area contributed by atoms with E-state index in [0.717, 1.165) is 12.5 Å². The molecule has 0 aromatic carbocycles. The Balaban J connectivity index is 0.